The maximum Gasteiger partial charge on any atom is 0.435 e. The van der Waals surface area contributed by atoms with E-state index < -0.39 is 35.3 Å². The van der Waals surface area contributed by atoms with Gasteiger partial charge in [0.1, 0.15) is 5.69 Å². The molecule has 0 aliphatic rings. The SMILES string of the molecule is COC(=O)NNC(=O)c1cc(Cl)cc(C)c1NC(=O)c1cc(C(F)(F)F)nn1C(C)(C)C. The van der Waals surface area contributed by atoms with Crippen molar-refractivity contribution in [2.45, 2.75) is 39.4 Å². The summed E-state index contributed by atoms with van der Waals surface area (Å²) in [6, 6.07) is 3.30. The third-order valence-corrected chi connectivity index (χ3v) is 4.33. The summed E-state index contributed by atoms with van der Waals surface area (Å²) in [5, 5.41) is 6.14. The minimum Gasteiger partial charge on any atom is -0.452 e. The molecule has 32 heavy (non-hydrogen) atoms. The van der Waals surface area contributed by atoms with Gasteiger partial charge in [0.2, 0.25) is 0 Å². The first kappa shape index (κ1) is 25.0. The standard InChI is InChI=1S/C19H21ClF3N5O4/c1-9-6-10(20)7-11(15(29)25-26-17(31)32-5)14(9)24-16(30)12-8-13(19(21,22)23)27-28(12)18(2,3)4/h6-8H,1-5H3,(H,24,30)(H,25,29)(H,26,31). The Kier molecular flexibility index (Phi) is 7.08. The number of nitrogens with one attached hydrogen (secondary N) is 3. The smallest absolute Gasteiger partial charge is 0.435 e. The number of nitrogens with zero attached hydrogens (tertiary/aromatic N) is 2. The number of halogens is 4. The molecule has 1 aromatic carbocycles. The molecule has 0 saturated heterocycles. The first-order valence-corrected chi connectivity index (χ1v) is 9.46. The Bertz CT molecular complexity index is 1060. The van der Waals surface area contributed by atoms with Crippen LogP contribution in [0.4, 0.5) is 23.7 Å². The number of methoxy groups -OCH3 is 1. The normalized spacial score (nSPS) is 11.7. The number of rotatable bonds is 3. The molecular formula is C19H21ClF3N5O4. The first-order valence-electron chi connectivity index (χ1n) is 9.08. The lowest BCUT2D eigenvalue weighted by Gasteiger charge is -2.22. The van der Waals surface area contributed by atoms with Gasteiger partial charge in [0.05, 0.1) is 23.9 Å². The van der Waals surface area contributed by atoms with Gasteiger partial charge in [0.15, 0.2) is 5.69 Å². The minimum absolute atomic E-state index is 0.0150. The zero-order valence-corrected chi connectivity index (χ0v) is 18.5. The highest BCUT2D eigenvalue weighted by Crippen LogP contribution is 2.31. The van der Waals surface area contributed by atoms with Crippen molar-refractivity contribution < 1.29 is 32.3 Å². The van der Waals surface area contributed by atoms with Crippen LogP contribution < -0.4 is 16.2 Å². The molecule has 0 spiro atoms. The summed E-state index contributed by atoms with van der Waals surface area (Å²) in [5.74, 6) is -1.78. The van der Waals surface area contributed by atoms with Gasteiger partial charge in [0, 0.05) is 11.1 Å². The van der Waals surface area contributed by atoms with Gasteiger partial charge in [-0.2, -0.15) is 18.3 Å². The van der Waals surface area contributed by atoms with Crippen LogP contribution in [0, 0.1) is 6.92 Å². The molecule has 1 heterocycles. The second kappa shape index (κ2) is 9.07. The Morgan fingerprint density at radius 1 is 1.06 bits per heavy atom. The predicted octanol–water partition coefficient (Wildman–Crippen LogP) is 3.87. The van der Waals surface area contributed by atoms with Crippen molar-refractivity contribution in [3.8, 4) is 0 Å². The number of hydrogen-bond donors (Lipinski definition) is 3. The van der Waals surface area contributed by atoms with Crippen molar-refractivity contribution in [2.75, 3.05) is 12.4 Å². The van der Waals surface area contributed by atoms with Crippen molar-refractivity contribution >= 4 is 35.2 Å². The molecule has 3 amide bonds. The summed E-state index contributed by atoms with van der Waals surface area (Å²) >= 11 is 6.00. The lowest BCUT2D eigenvalue weighted by molar-refractivity contribution is -0.141. The molecule has 0 saturated carbocycles. The van der Waals surface area contributed by atoms with Gasteiger partial charge in [0.25, 0.3) is 11.8 Å². The monoisotopic (exact) mass is 475 g/mol. The molecule has 9 nitrogen and oxygen atoms in total. The highest BCUT2D eigenvalue weighted by atomic mass is 35.5. The zero-order chi connectivity index (χ0) is 24.4. The Morgan fingerprint density at radius 3 is 2.22 bits per heavy atom. The quantitative estimate of drug-likeness (QED) is 0.583. The Labute approximate surface area is 186 Å². The number of aromatic nitrogens is 2. The molecule has 0 radical (unpaired) electrons. The van der Waals surface area contributed by atoms with E-state index in [1.54, 1.807) is 20.8 Å². The summed E-state index contributed by atoms with van der Waals surface area (Å²) in [6.07, 6.45) is -5.71. The Morgan fingerprint density at radius 2 is 1.69 bits per heavy atom. The molecule has 0 bridgehead atoms. The number of aryl methyl sites for hydroxylation is 1. The number of amides is 3. The molecule has 3 N–H and O–H groups in total. The second-order valence-corrected chi connectivity index (χ2v) is 8.10. The van der Waals surface area contributed by atoms with E-state index in [4.69, 9.17) is 11.6 Å². The summed E-state index contributed by atoms with van der Waals surface area (Å²) < 4.78 is 44.9. The molecule has 0 aliphatic carbocycles. The largest absolute Gasteiger partial charge is 0.452 e. The van der Waals surface area contributed by atoms with Gasteiger partial charge in [-0.05, 0) is 45.4 Å². The summed E-state index contributed by atoms with van der Waals surface area (Å²) in [7, 11) is 1.09. The van der Waals surface area contributed by atoms with Crippen molar-refractivity contribution in [1.29, 1.82) is 0 Å². The molecule has 0 unspecified atom stereocenters. The van der Waals surface area contributed by atoms with Gasteiger partial charge in [-0.3, -0.25) is 19.7 Å². The van der Waals surface area contributed by atoms with Crippen LogP contribution in [0.5, 0.6) is 0 Å². The molecule has 0 aliphatic heterocycles. The van der Waals surface area contributed by atoms with E-state index in [1.165, 1.54) is 19.1 Å². The van der Waals surface area contributed by atoms with E-state index in [2.05, 4.69) is 20.6 Å². The van der Waals surface area contributed by atoms with E-state index in [0.29, 0.717) is 11.6 Å². The third-order valence-electron chi connectivity index (χ3n) is 4.11. The summed E-state index contributed by atoms with van der Waals surface area (Å²) in [6.45, 7) is 6.29. The molecule has 0 fully saturated rings. The van der Waals surface area contributed by atoms with Crippen LogP contribution in [-0.4, -0.2) is 34.8 Å². The fraction of sp³-hybridized carbons (Fsp3) is 0.368. The highest BCUT2D eigenvalue weighted by Gasteiger charge is 2.37. The van der Waals surface area contributed by atoms with Crippen molar-refractivity contribution in [3.63, 3.8) is 0 Å². The van der Waals surface area contributed by atoms with Gasteiger partial charge >= 0.3 is 12.3 Å². The van der Waals surface area contributed by atoms with Crippen LogP contribution in [-0.2, 0) is 16.5 Å². The molecule has 174 valence electrons. The van der Waals surface area contributed by atoms with Gasteiger partial charge in [-0.15, -0.1) is 0 Å². The average Bonchev–Trinajstić information content (AvgIpc) is 3.14. The van der Waals surface area contributed by atoms with E-state index in [1.807, 2.05) is 5.43 Å². The van der Waals surface area contributed by atoms with Crippen LogP contribution in [0.25, 0.3) is 0 Å². The van der Waals surface area contributed by atoms with Gasteiger partial charge in [-0.25, -0.2) is 10.2 Å². The number of hydrogen-bond acceptors (Lipinski definition) is 5. The molecular weight excluding hydrogens is 455 g/mol. The maximum atomic E-state index is 13.2. The summed E-state index contributed by atoms with van der Waals surface area (Å²) in [4.78, 5) is 36.7. The topological polar surface area (TPSA) is 114 Å². The lowest BCUT2D eigenvalue weighted by Crippen LogP contribution is -2.42. The van der Waals surface area contributed by atoms with Crippen LogP contribution in [0.15, 0.2) is 18.2 Å². The predicted molar refractivity (Wildman–Crippen MR) is 109 cm³/mol. The Hall–Kier alpha value is -3.28. The number of ether oxygens (including phenoxy) is 1. The number of benzene rings is 1. The van der Waals surface area contributed by atoms with Gasteiger partial charge in [-0.1, -0.05) is 11.6 Å². The van der Waals surface area contributed by atoms with Crippen molar-refractivity contribution in [3.05, 3.63) is 45.7 Å². The van der Waals surface area contributed by atoms with E-state index in [0.717, 1.165) is 11.8 Å². The van der Waals surface area contributed by atoms with Crippen LogP contribution in [0.2, 0.25) is 5.02 Å². The molecule has 1 aromatic heterocycles. The fourth-order valence-electron chi connectivity index (χ4n) is 2.68. The van der Waals surface area contributed by atoms with Crippen LogP contribution >= 0.6 is 11.6 Å². The molecule has 2 aromatic rings. The number of carbonyl (C=O) groups excluding carboxylic acids is 3. The Balaban J connectivity index is 2.47. The maximum absolute atomic E-state index is 13.2. The molecule has 0 atom stereocenters. The number of alkyl halides is 3. The highest BCUT2D eigenvalue weighted by molar-refractivity contribution is 6.31. The fourth-order valence-corrected chi connectivity index (χ4v) is 2.96. The van der Waals surface area contributed by atoms with E-state index in [-0.39, 0.29) is 22.0 Å². The lowest BCUT2D eigenvalue weighted by atomic mass is 10.1. The zero-order valence-electron chi connectivity index (χ0n) is 17.8. The number of anilines is 1. The minimum atomic E-state index is -4.76. The third kappa shape index (κ3) is 5.69. The number of hydrazine groups is 1. The van der Waals surface area contributed by atoms with E-state index >= 15 is 0 Å². The number of carbonyl (C=O) groups is 3. The van der Waals surface area contributed by atoms with Crippen LogP contribution in [0.3, 0.4) is 0 Å². The van der Waals surface area contributed by atoms with Gasteiger partial charge < -0.3 is 10.1 Å². The molecule has 13 heteroatoms. The first-order chi connectivity index (χ1) is 14.6. The molecule has 2 rings (SSSR count). The van der Waals surface area contributed by atoms with Crippen molar-refractivity contribution in [1.82, 2.24) is 20.6 Å². The van der Waals surface area contributed by atoms with E-state index in [9.17, 15) is 27.6 Å². The second-order valence-electron chi connectivity index (χ2n) is 7.67. The summed E-state index contributed by atoms with van der Waals surface area (Å²) in [5.41, 5.74) is 1.71. The van der Waals surface area contributed by atoms with Crippen LogP contribution in [0.1, 0.15) is 52.9 Å². The van der Waals surface area contributed by atoms with Crippen molar-refractivity contribution in [2.24, 2.45) is 0 Å². The average molecular weight is 476 g/mol.